The maximum atomic E-state index is 10.6. The third kappa shape index (κ3) is 2.26. The van der Waals surface area contributed by atoms with E-state index in [0.29, 0.717) is 0 Å². The Labute approximate surface area is 59.9 Å². The fourth-order valence-corrected chi connectivity index (χ4v) is 0.357. The van der Waals surface area contributed by atoms with E-state index in [1.165, 1.54) is 13.1 Å². The molecule has 0 atom stereocenters. The van der Waals surface area contributed by atoms with Gasteiger partial charge in [-0.15, -0.1) is 0 Å². The van der Waals surface area contributed by atoms with Crippen molar-refractivity contribution in [1.29, 1.82) is 0 Å². The number of nitrogens with two attached hydrogens (primary N) is 1. The van der Waals surface area contributed by atoms with Gasteiger partial charge in [-0.25, -0.2) is 4.99 Å². The lowest BCUT2D eigenvalue weighted by Gasteiger charge is -1.96. The first-order valence-electron chi connectivity index (χ1n) is 2.74. The van der Waals surface area contributed by atoms with E-state index in [9.17, 15) is 4.79 Å². The predicted octanol–water partition coefficient (Wildman–Crippen LogP) is 0.632. The quantitative estimate of drug-likeness (QED) is 0.353. The van der Waals surface area contributed by atoms with Crippen molar-refractivity contribution < 1.29 is 4.79 Å². The first kappa shape index (κ1) is 8.62. The van der Waals surface area contributed by atoms with Crippen molar-refractivity contribution in [2.24, 2.45) is 10.7 Å². The minimum absolute atomic E-state index is 0.127. The van der Waals surface area contributed by atoms with Gasteiger partial charge in [0.25, 0.3) is 0 Å². The highest BCUT2D eigenvalue weighted by Gasteiger charge is 2.02. The zero-order valence-electron chi connectivity index (χ0n) is 5.92. The summed E-state index contributed by atoms with van der Waals surface area (Å²) < 4.78 is 0. The Hall–Kier alpha value is -1.38. The number of Topliss-reactive ketones (excluding diaryl/α,β-unsaturated/α-hetero) is 1. The molecule has 0 fully saturated rings. The van der Waals surface area contributed by atoms with E-state index in [2.05, 4.69) is 18.2 Å². The summed E-state index contributed by atoms with van der Waals surface area (Å²) in [6.07, 6.45) is 1.27. The number of carbonyl (C=O) groups excluding carboxylic acids is 1. The predicted molar refractivity (Wildman–Crippen MR) is 41.6 cm³/mol. The van der Waals surface area contributed by atoms with Crippen LogP contribution < -0.4 is 5.73 Å². The van der Waals surface area contributed by atoms with Crippen LogP contribution in [0.4, 0.5) is 0 Å². The number of rotatable bonds is 3. The van der Waals surface area contributed by atoms with Crippen LogP contribution in [0.15, 0.2) is 29.9 Å². The van der Waals surface area contributed by atoms with Crippen LogP contribution in [0.25, 0.3) is 0 Å². The second-order valence-corrected chi connectivity index (χ2v) is 1.73. The molecule has 0 saturated carbocycles. The van der Waals surface area contributed by atoms with Crippen molar-refractivity contribution in [3.8, 4) is 0 Å². The molecule has 3 nitrogen and oxygen atoms in total. The molecular weight excluding hydrogens is 128 g/mol. The number of hydrogen-bond donors (Lipinski definition) is 1. The SMILES string of the molecule is C=CN=C(N)C(=C)C(C)=O. The van der Waals surface area contributed by atoms with E-state index in [0.717, 1.165) is 0 Å². The van der Waals surface area contributed by atoms with Crippen LogP contribution in [0, 0.1) is 0 Å². The summed E-state index contributed by atoms with van der Waals surface area (Å²) in [6.45, 7) is 8.12. The Morgan fingerprint density at radius 2 is 2.20 bits per heavy atom. The van der Waals surface area contributed by atoms with E-state index < -0.39 is 0 Å². The molecule has 10 heavy (non-hydrogen) atoms. The Kier molecular flexibility index (Phi) is 3.11. The van der Waals surface area contributed by atoms with Crippen LogP contribution in [0.2, 0.25) is 0 Å². The first-order valence-corrected chi connectivity index (χ1v) is 2.74. The van der Waals surface area contributed by atoms with Crippen molar-refractivity contribution in [3.63, 3.8) is 0 Å². The average molecular weight is 138 g/mol. The van der Waals surface area contributed by atoms with Gasteiger partial charge in [-0.3, -0.25) is 4.79 Å². The lowest BCUT2D eigenvalue weighted by atomic mass is 10.2. The van der Waals surface area contributed by atoms with Gasteiger partial charge in [0.15, 0.2) is 5.78 Å². The highest BCUT2D eigenvalue weighted by Crippen LogP contribution is 1.91. The molecule has 3 heteroatoms. The Balaban J connectivity index is 4.36. The van der Waals surface area contributed by atoms with Crippen molar-refractivity contribution in [3.05, 3.63) is 24.9 Å². The van der Waals surface area contributed by atoms with Gasteiger partial charge in [-0.1, -0.05) is 13.2 Å². The highest BCUT2D eigenvalue weighted by molar-refractivity contribution is 6.19. The molecular formula is C7H10N2O. The van der Waals surface area contributed by atoms with Crippen LogP contribution in [0.5, 0.6) is 0 Å². The maximum absolute atomic E-state index is 10.6. The molecule has 0 aliphatic rings. The van der Waals surface area contributed by atoms with Crippen molar-refractivity contribution >= 4 is 11.6 Å². The largest absolute Gasteiger partial charge is 0.383 e. The van der Waals surface area contributed by atoms with Gasteiger partial charge in [0.1, 0.15) is 5.84 Å². The molecule has 0 bridgehead atoms. The van der Waals surface area contributed by atoms with E-state index in [1.54, 1.807) is 0 Å². The Bertz CT molecular complexity index is 204. The molecule has 0 spiro atoms. The topological polar surface area (TPSA) is 55.4 Å². The standard InChI is InChI=1S/C7H10N2O/c1-4-9-7(8)5(2)6(3)10/h4H,1-2H2,3H3,(H2,8,9). The Morgan fingerprint density at radius 3 is 2.50 bits per heavy atom. The lowest BCUT2D eigenvalue weighted by Crippen LogP contribution is -2.18. The first-order chi connectivity index (χ1) is 4.59. The zero-order chi connectivity index (χ0) is 8.15. The fraction of sp³-hybridized carbons (Fsp3) is 0.143. The van der Waals surface area contributed by atoms with Crippen LogP contribution in [-0.4, -0.2) is 11.6 Å². The van der Waals surface area contributed by atoms with E-state index in [-0.39, 0.29) is 17.2 Å². The summed E-state index contributed by atoms with van der Waals surface area (Å²) in [6, 6.07) is 0. The van der Waals surface area contributed by atoms with Crippen LogP contribution in [-0.2, 0) is 4.79 Å². The third-order valence-corrected chi connectivity index (χ3v) is 0.965. The summed E-state index contributed by atoms with van der Waals surface area (Å²) in [5.74, 6) is -0.0504. The molecule has 54 valence electrons. The van der Waals surface area contributed by atoms with Crippen LogP contribution in [0.1, 0.15) is 6.92 Å². The van der Waals surface area contributed by atoms with Gasteiger partial charge in [0.05, 0.1) is 5.57 Å². The second-order valence-electron chi connectivity index (χ2n) is 1.73. The van der Waals surface area contributed by atoms with Crippen LogP contribution >= 0.6 is 0 Å². The third-order valence-electron chi connectivity index (χ3n) is 0.965. The number of carbonyl (C=O) groups is 1. The average Bonchev–Trinajstić information content (AvgIpc) is 1.87. The molecule has 0 rings (SSSR count). The fourth-order valence-electron chi connectivity index (χ4n) is 0.357. The molecule has 0 unspecified atom stereocenters. The molecule has 0 saturated heterocycles. The van der Waals surface area contributed by atoms with E-state index in [4.69, 9.17) is 5.73 Å². The normalized spacial score (nSPS) is 10.7. The minimum Gasteiger partial charge on any atom is -0.383 e. The van der Waals surface area contributed by atoms with Gasteiger partial charge in [0, 0.05) is 6.20 Å². The summed E-state index contributed by atoms with van der Waals surface area (Å²) in [7, 11) is 0. The number of nitrogens with zero attached hydrogens (tertiary/aromatic N) is 1. The molecule has 0 aliphatic carbocycles. The number of hydrogen-bond acceptors (Lipinski definition) is 2. The van der Waals surface area contributed by atoms with Gasteiger partial charge in [-0.2, -0.15) is 0 Å². The van der Waals surface area contributed by atoms with Gasteiger partial charge in [-0.05, 0) is 6.92 Å². The smallest absolute Gasteiger partial charge is 0.162 e. The van der Waals surface area contributed by atoms with Gasteiger partial charge in [0.2, 0.25) is 0 Å². The molecule has 2 N–H and O–H groups in total. The summed E-state index contributed by atoms with van der Waals surface area (Å²) in [4.78, 5) is 14.1. The molecule has 0 amide bonds. The van der Waals surface area contributed by atoms with E-state index in [1.807, 2.05) is 0 Å². The minimum atomic E-state index is -0.178. The molecule has 0 aliphatic heterocycles. The molecule has 0 heterocycles. The lowest BCUT2D eigenvalue weighted by molar-refractivity contribution is -0.113. The summed E-state index contributed by atoms with van der Waals surface area (Å²) in [5.41, 5.74) is 5.51. The van der Waals surface area contributed by atoms with Crippen molar-refractivity contribution in [2.75, 3.05) is 0 Å². The molecule has 0 aromatic carbocycles. The molecule has 0 aromatic rings. The zero-order valence-corrected chi connectivity index (χ0v) is 5.92. The van der Waals surface area contributed by atoms with Crippen molar-refractivity contribution in [1.82, 2.24) is 0 Å². The number of amidine groups is 1. The maximum Gasteiger partial charge on any atom is 0.162 e. The summed E-state index contributed by atoms with van der Waals surface area (Å²) in [5, 5.41) is 0. The molecule has 0 aromatic heterocycles. The van der Waals surface area contributed by atoms with Gasteiger partial charge < -0.3 is 5.73 Å². The van der Waals surface area contributed by atoms with Gasteiger partial charge >= 0.3 is 0 Å². The number of ketones is 1. The van der Waals surface area contributed by atoms with Crippen LogP contribution in [0.3, 0.4) is 0 Å². The van der Waals surface area contributed by atoms with Crippen molar-refractivity contribution in [2.45, 2.75) is 6.92 Å². The van der Waals surface area contributed by atoms with E-state index >= 15 is 0 Å². The highest BCUT2D eigenvalue weighted by atomic mass is 16.1. The Morgan fingerprint density at radius 1 is 1.70 bits per heavy atom. The second kappa shape index (κ2) is 3.61. The number of aliphatic imine (C=N–C) groups is 1. The molecule has 0 radical (unpaired) electrons. The monoisotopic (exact) mass is 138 g/mol. The summed E-state index contributed by atoms with van der Waals surface area (Å²) >= 11 is 0.